The first-order valence-electron chi connectivity index (χ1n) is 9.30. The maximum Gasteiger partial charge on any atom is 0.186 e. The molecule has 0 bridgehead atoms. The van der Waals surface area contributed by atoms with Crippen LogP contribution in [0, 0.1) is 0 Å². The molecule has 3 aliphatic rings. The van der Waals surface area contributed by atoms with Gasteiger partial charge in [-0.1, -0.05) is 36.4 Å². The largest absolute Gasteiger partial charge is 0.370 e. The average Bonchev–Trinajstić information content (AvgIpc) is 2.71. The van der Waals surface area contributed by atoms with Gasteiger partial charge < -0.3 is 28.4 Å². The molecule has 6 atom stereocenters. The Balaban J connectivity index is 1.44. The van der Waals surface area contributed by atoms with Crippen molar-refractivity contribution < 1.29 is 28.4 Å². The summed E-state index contributed by atoms with van der Waals surface area (Å²) < 4.78 is 36.1. The molecule has 0 spiro atoms. The zero-order valence-electron chi connectivity index (χ0n) is 14.8. The molecule has 0 unspecified atom stereocenters. The highest BCUT2D eigenvalue weighted by molar-refractivity contribution is 5.16. The van der Waals surface area contributed by atoms with Gasteiger partial charge in [-0.3, -0.25) is 0 Å². The van der Waals surface area contributed by atoms with Gasteiger partial charge in [0.2, 0.25) is 0 Å². The Labute approximate surface area is 154 Å². The van der Waals surface area contributed by atoms with E-state index in [4.69, 9.17) is 28.4 Å². The summed E-state index contributed by atoms with van der Waals surface area (Å²) in [7, 11) is 0. The molecule has 3 heterocycles. The van der Waals surface area contributed by atoms with Gasteiger partial charge in [0.25, 0.3) is 0 Å². The van der Waals surface area contributed by atoms with Gasteiger partial charge in [-0.25, -0.2) is 0 Å². The van der Waals surface area contributed by atoms with Crippen LogP contribution in [0.3, 0.4) is 0 Å². The molecule has 0 N–H and O–H groups in total. The van der Waals surface area contributed by atoms with Gasteiger partial charge in [0.15, 0.2) is 12.6 Å². The lowest BCUT2D eigenvalue weighted by Gasteiger charge is -2.50. The van der Waals surface area contributed by atoms with Gasteiger partial charge in [0.05, 0.1) is 26.4 Å². The number of unbranched alkanes of at least 4 members (excludes halogenated alkanes) is 1. The molecule has 1 aromatic rings. The van der Waals surface area contributed by atoms with E-state index >= 15 is 0 Å². The third kappa shape index (κ3) is 3.86. The summed E-state index contributed by atoms with van der Waals surface area (Å²) in [6, 6.07) is 9.91. The Kier molecular flexibility index (Phi) is 5.99. The minimum atomic E-state index is -0.466. The molecule has 6 nitrogen and oxygen atoms in total. The highest BCUT2D eigenvalue weighted by atomic mass is 16.8. The molecule has 142 valence electrons. The monoisotopic (exact) mass is 362 g/mol. The standard InChI is InChI=1S/C20H26O6/c1-2-3-7-10-23-20-18-17(21-11-12-22-18)16-15(25-20)13-24-19(26-16)14-8-5-4-6-9-14/h2,4-6,8-9,15-20H,1,3,7,10-13H2/t15-,16-,17+,18-,19-,20+/m1/s1. The smallest absolute Gasteiger partial charge is 0.186 e. The van der Waals surface area contributed by atoms with E-state index in [1.165, 1.54) is 0 Å². The molecule has 1 aromatic carbocycles. The summed E-state index contributed by atoms with van der Waals surface area (Å²) in [6.07, 6.45) is 1.83. The maximum atomic E-state index is 6.22. The molecule has 0 aromatic heterocycles. The van der Waals surface area contributed by atoms with Gasteiger partial charge in [-0.05, 0) is 12.8 Å². The molecule has 6 heteroatoms. The Morgan fingerprint density at radius 2 is 1.81 bits per heavy atom. The minimum Gasteiger partial charge on any atom is -0.370 e. The lowest BCUT2D eigenvalue weighted by atomic mass is 9.96. The molecular weight excluding hydrogens is 336 g/mol. The van der Waals surface area contributed by atoms with Gasteiger partial charge in [-0.15, -0.1) is 6.58 Å². The molecule has 0 aliphatic carbocycles. The van der Waals surface area contributed by atoms with Crippen LogP contribution in [0.5, 0.6) is 0 Å². The fourth-order valence-corrected chi connectivity index (χ4v) is 3.62. The second-order valence-electron chi connectivity index (χ2n) is 6.69. The SMILES string of the molecule is C=CCCCO[C@H]1O[C@@H]2CO[C@@H](c3ccccc3)O[C@H]2[C@@H]2OCCO[C@@H]12. The number of fused-ring (bicyclic) bond motifs is 3. The average molecular weight is 362 g/mol. The highest BCUT2D eigenvalue weighted by Gasteiger charge is 2.52. The number of rotatable bonds is 6. The van der Waals surface area contributed by atoms with Crippen LogP contribution < -0.4 is 0 Å². The Hall–Kier alpha value is -1.28. The summed E-state index contributed by atoms with van der Waals surface area (Å²) >= 11 is 0. The van der Waals surface area contributed by atoms with E-state index < -0.39 is 12.6 Å². The van der Waals surface area contributed by atoms with Gasteiger partial charge in [-0.2, -0.15) is 0 Å². The fraction of sp³-hybridized carbons (Fsp3) is 0.600. The van der Waals surface area contributed by atoms with Crippen molar-refractivity contribution in [2.24, 2.45) is 0 Å². The molecule has 3 aliphatic heterocycles. The van der Waals surface area contributed by atoms with E-state index in [2.05, 4.69) is 6.58 Å². The van der Waals surface area contributed by atoms with Crippen molar-refractivity contribution in [3.8, 4) is 0 Å². The Bertz CT molecular complexity index is 579. The van der Waals surface area contributed by atoms with Crippen LogP contribution in [-0.2, 0) is 28.4 Å². The van der Waals surface area contributed by atoms with Crippen molar-refractivity contribution in [1.82, 2.24) is 0 Å². The quantitative estimate of drug-likeness (QED) is 0.573. The van der Waals surface area contributed by atoms with E-state index in [-0.39, 0.29) is 24.4 Å². The van der Waals surface area contributed by atoms with Crippen LogP contribution >= 0.6 is 0 Å². The molecule has 0 saturated carbocycles. The summed E-state index contributed by atoms with van der Waals surface area (Å²) in [4.78, 5) is 0. The van der Waals surface area contributed by atoms with Crippen LogP contribution in [0.15, 0.2) is 43.0 Å². The normalized spacial score (nSPS) is 36.8. The van der Waals surface area contributed by atoms with Crippen molar-refractivity contribution in [1.29, 1.82) is 0 Å². The Morgan fingerprint density at radius 3 is 2.62 bits per heavy atom. The first-order chi connectivity index (χ1) is 12.9. The molecule has 3 saturated heterocycles. The van der Waals surface area contributed by atoms with E-state index in [0.29, 0.717) is 26.4 Å². The maximum absolute atomic E-state index is 6.22. The van der Waals surface area contributed by atoms with Crippen LogP contribution in [0.2, 0.25) is 0 Å². The zero-order chi connectivity index (χ0) is 17.8. The van der Waals surface area contributed by atoms with Crippen molar-refractivity contribution in [3.05, 3.63) is 48.6 Å². The van der Waals surface area contributed by atoms with E-state index in [1.54, 1.807) is 0 Å². The van der Waals surface area contributed by atoms with Crippen LogP contribution in [0.4, 0.5) is 0 Å². The molecule has 4 rings (SSSR count). The van der Waals surface area contributed by atoms with Crippen LogP contribution in [0.1, 0.15) is 24.7 Å². The second-order valence-corrected chi connectivity index (χ2v) is 6.69. The zero-order valence-corrected chi connectivity index (χ0v) is 14.8. The highest BCUT2D eigenvalue weighted by Crippen LogP contribution is 2.37. The van der Waals surface area contributed by atoms with E-state index in [0.717, 1.165) is 18.4 Å². The lowest BCUT2D eigenvalue weighted by Crippen LogP contribution is -2.65. The minimum absolute atomic E-state index is 0.220. The first-order valence-corrected chi connectivity index (χ1v) is 9.30. The number of allylic oxidation sites excluding steroid dienone is 1. The molecule has 3 fully saturated rings. The number of hydrogen-bond donors (Lipinski definition) is 0. The van der Waals surface area contributed by atoms with E-state index in [9.17, 15) is 0 Å². The van der Waals surface area contributed by atoms with Crippen LogP contribution in [0.25, 0.3) is 0 Å². The van der Waals surface area contributed by atoms with Crippen molar-refractivity contribution in [3.63, 3.8) is 0 Å². The first kappa shape index (κ1) is 18.1. The number of hydrogen-bond acceptors (Lipinski definition) is 6. The van der Waals surface area contributed by atoms with Crippen molar-refractivity contribution in [2.45, 2.75) is 49.8 Å². The Morgan fingerprint density at radius 1 is 1.00 bits per heavy atom. The predicted octanol–water partition coefficient (Wildman–Crippen LogP) is 2.59. The molecule has 26 heavy (non-hydrogen) atoms. The van der Waals surface area contributed by atoms with Crippen molar-refractivity contribution >= 4 is 0 Å². The third-order valence-electron chi connectivity index (χ3n) is 4.89. The van der Waals surface area contributed by atoms with Crippen LogP contribution in [-0.4, -0.2) is 57.1 Å². The molecule has 0 amide bonds. The summed E-state index contributed by atoms with van der Waals surface area (Å²) in [6.45, 7) is 5.84. The molecular formula is C20H26O6. The lowest BCUT2D eigenvalue weighted by molar-refractivity contribution is -0.381. The molecule has 0 radical (unpaired) electrons. The van der Waals surface area contributed by atoms with Gasteiger partial charge in [0.1, 0.15) is 24.4 Å². The number of ether oxygens (including phenoxy) is 6. The topological polar surface area (TPSA) is 55.4 Å². The second kappa shape index (κ2) is 8.61. The third-order valence-corrected chi connectivity index (χ3v) is 4.89. The summed E-state index contributed by atoms with van der Waals surface area (Å²) in [5, 5.41) is 0. The summed E-state index contributed by atoms with van der Waals surface area (Å²) in [5.41, 5.74) is 0.988. The summed E-state index contributed by atoms with van der Waals surface area (Å²) in [5.74, 6) is 0. The predicted molar refractivity (Wildman–Crippen MR) is 93.5 cm³/mol. The number of benzene rings is 1. The van der Waals surface area contributed by atoms with Gasteiger partial charge >= 0.3 is 0 Å². The van der Waals surface area contributed by atoms with E-state index in [1.807, 2.05) is 36.4 Å². The van der Waals surface area contributed by atoms with Gasteiger partial charge in [0, 0.05) is 5.56 Å². The fourth-order valence-electron chi connectivity index (χ4n) is 3.62. The van der Waals surface area contributed by atoms with Crippen molar-refractivity contribution in [2.75, 3.05) is 26.4 Å².